The van der Waals surface area contributed by atoms with Crippen LogP contribution in [0.25, 0.3) is 0 Å². The molecule has 0 bridgehead atoms. The van der Waals surface area contributed by atoms with Gasteiger partial charge >= 0.3 is 11.9 Å². The molecule has 5 heteroatoms. The van der Waals surface area contributed by atoms with Gasteiger partial charge in [0.15, 0.2) is 0 Å². The van der Waals surface area contributed by atoms with Crippen LogP contribution in [0.1, 0.15) is 39.5 Å². The molecule has 0 aromatic heterocycles. The van der Waals surface area contributed by atoms with Gasteiger partial charge in [-0.05, 0) is 12.8 Å². The molecule has 0 unspecified atom stereocenters. The molecule has 0 fully saturated rings. The summed E-state index contributed by atoms with van der Waals surface area (Å²) in [6.07, 6.45) is 1.15. The number of esters is 2. The zero-order valence-electron chi connectivity index (χ0n) is 9.90. The molecule has 94 valence electrons. The molecule has 0 aromatic carbocycles. The van der Waals surface area contributed by atoms with Crippen molar-refractivity contribution in [1.29, 1.82) is 0 Å². The number of carbonyl (C=O) groups excluding carboxylic acids is 2. The molecule has 0 saturated heterocycles. The molecule has 0 aliphatic carbocycles. The van der Waals surface area contributed by atoms with Crippen LogP contribution >= 0.6 is 0 Å². The van der Waals surface area contributed by atoms with Crippen molar-refractivity contribution >= 4 is 11.9 Å². The summed E-state index contributed by atoms with van der Waals surface area (Å²) in [7, 11) is 0. The predicted octanol–water partition coefficient (Wildman–Crippen LogP) is 1.03. The summed E-state index contributed by atoms with van der Waals surface area (Å²) in [6.45, 7) is 3.48. The third kappa shape index (κ3) is 8.23. The van der Waals surface area contributed by atoms with Crippen molar-refractivity contribution in [3.05, 3.63) is 0 Å². The van der Waals surface area contributed by atoms with Crippen molar-refractivity contribution < 1.29 is 24.2 Å². The van der Waals surface area contributed by atoms with Gasteiger partial charge in [0.05, 0.1) is 0 Å². The average Bonchev–Trinajstić information content (AvgIpc) is 2.24. The maximum atomic E-state index is 10.9. The maximum Gasteiger partial charge on any atom is 0.305 e. The Kier molecular flexibility index (Phi) is 8.52. The molecule has 0 saturated carbocycles. The molecule has 16 heavy (non-hydrogen) atoms. The lowest BCUT2D eigenvalue weighted by molar-refractivity contribution is -0.152. The first kappa shape index (κ1) is 14.9. The van der Waals surface area contributed by atoms with Gasteiger partial charge in [-0.2, -0.15) is 0 Å². The van der Waals surface area contributed by atoms with E-state index in [1.54, 1.807) is 0 Å². The molecule has 0 aliphatic rings. The zero-order chi connectivity index (χ0) is 12.4. The number of aliphatic hydroxyl groups excluding tert-OH is 1. The molecule has 0 radical (unpaired) electrons. The second kappa shape index (κ2) is 9.15. The number of hydrogen-bond donors (Lipinski definition) is 1. The van der Waals surface area contributed by atoms with E-state index in [0.29, 0.717) is 25.7 Å². The van der Waals surface area contributed by atoms with Crippen LogP contribution < -0.4 is 0 Å². The van der Waals surface area contributed by atoms with Gasteiger partial charge in [0.1, 0.15) is 19.3 Å². The number of carbonyl (C=O) groups is 2. The first-order valence-corrected chi connectivity index (χ1v) is 5.59. The minimum absolute atomic E-state index is 0.127. The van der Waals surface area contributed by atoms with Gasteiger partial charge in [0, 0.05) is 12.8 Å². The Hall–Kier alpha value is -1.10. The monoisotopic (exact) mass is 232 g/mol. The van der Waals surface area contributed by atoms with Gasteiger partial charge in [-0.3, -0.25) is 9.59 Å². The smallest absolute Gasteiger partial charge is 0.305 e. The van der Waals surface area contributed by atoms with E-state index in [-0.39, 0.29) is 25.2 Å². The Morgan fingerprint density at radius 2 is 1.38 bits per heavy atom. The van der Waals surface area contributed by atoms with Crippen LogP contribution in [0.3, 0.4) is 0 Å². The highest BCUT2D eigenvalue weighted by molar-refractivity contribution is 5.69. The van der Waals surface area contributed by atoms with Crippen LogP contribution in [0.5, 0.6) is 0 Å². The Morgan fingerprint density at radius 1 is 1.00 bits per heavy atom. The molecule has 1 N–H and O–H groups in total. The fourth-order valence-corrected chi connectivity index (χ4v) is 0.979. The van der Waals surface area contributed by atoms with Gasteiger partial charge < -0.3 is 14.6 Å². The third-order valence-corrected chi connectivity index (χ3v) is 1.78. The lowest BCUT2D eigenvalue weighted by Gasteiger charge is -2.11. The van der Waals surface area contributed by atoms with E-state index < -0.39 is 6.10 Å². The van der Waals surface area contributed by atoms with E-state index in [0.717, 1.165) is 0 Å². The van der Waals surface area contributed by atoms with Crippen LogP contribution in [-0.4, -0.2) is 36.4 Å². The van der Waals surface area contributed by atoms with Gasteiger partial charge in [-0.1, -0.05) is 13.8 Å². The summed E-state index contributed by atoms with van der Waals surface area (Å²) in [6, 6.07) is 0. The first-order valence-electron chi connectivity index (χ1n) is 5.59. The topological polar surface area (TPSA) is 72.8 Å². The molecule has 0 aliphatic heterocycles. The Morgan fingerprint density at radius 3 is 1.69 bits per heavy atom. The molecule has 0 spiro atoms. The van der Waals surface area contributed by atoms with Gasteiger partial charge in [-0.15, -0.1) is 0 Å². The van der Waals surface area contributed by atoms with Crippen molar-refractivity contribution in [3.8, 4) is 0 Å². The van der Waals surface area contributed by atoms with Crippen LogP contribution in [0.4, 0.5) is 0 Å². The Bertz CT molecular complexity index is 192. The standard InChI is InChI=1S/C11H20O5/c1-3-5-10(13)15-7-9(12)8-16-11(14)6-4-2/h9,12H,3-8H2,1-2H3. The highest BCUT2D eigenvalue weighted by Gasteiger charge is 2.10. The summed E-state index contributed by atoms with van der Waals surface area (Å²) < 4.78 is 9.51. The van der Waals surface area contributed by atoms with Crippen molar-refractivity contribution in [2.45, 2.75) is 45.6 Å². The summed E-state index contributed by atoms with van der Waals surface area (Å²) in [5.41, 5.74) is 0. The molecular weight excluding hydrogens is 212 g/mol. The summed E-state index contributed by atoms with van der Waals surface area (Å²) in [4.78, 5) is 21.9. The lowest BCUT2D eigenvalue weighted by Crippen LogP contribution is -2.25. The predicted molar refractivity (Wildman–Crippen MR) is 57.7 cm³/mol. The number of ether oxygens (including phenoxy) is 2. The van der Waals surface area contributed by atoms with Gasteiger partial charge in [0.2, 0.25) is 0 Å². The zero-order valence-corrected chi connectivity index (χ0v) is 9.90. The highest BCUT2D eigenvalue weighted by Crippen LogP contribution is 1.96. The minimum atomic E-state index is -0.943. The number of rotatable bonds is 8. The molecule has 0 atom stereocenters. The van der Waals surface area contributed by atoms with Crippen molar-refractivity contribution in [2.24, 2.45) is 0 Å². The van der Waals surface area contributed by atoms with Gasteiger partial charge in [-0.25, -0.2) is 0 Å². The van der Waals surface area contributed by atoms with Crippen molar-refractivity contribution in [1.82, 2.24) is 0 Å². The average molecular weight is 232 g/mol. The molecule has 0 amide bonds. The van der Waals surface area contributed by atoms with E-state index >= 15 is 0 Å². The van der Waals surface area contributed by atoms with Crippen LogP contribution in [0.15, 0.2) is 0 Å². The Balaban J connectivity index is 3.54. The van der Waals surface area contributed by atoms with E-state index in [9.17, 15) is 14.7 Å². The molecule has 0 aromatic rings. The SMILES string of the molecule is CCCC(=O)OCC(O)COC(=O)CCC. The fraction of sp³-hybridized carbons (Fsp3) is 0.818. The van der Waals surface area contributed by atoms with Crippen LogP contribution in [-0.2, 0) is 19.1 Å². The molecule has 0 rings (SSSR count). The molecular formula is C11H20O5. The summed E-state index contributed by atoms with van der Waals surface area (Å²) >= 11 is 0. The van der Waals surface area contributed by atoms with Gasteiger partial charge in [0.25, 0.3) is 0 Å². The normalized spacial score (nSPS) is 10.2. The minimum Gasteiger partial charge on any atom is -0.463 e. The molecule has 5 nitrogen and oxygen atoms in total. The maximum absolute atomic E-state index is 10.9. The Labute approximate surface area is 95.7 Å². The second-order valence-electron chi connectivity index (χ2n) is 3.52. The quantitative estimate of drug-likeness (QED) is 0.633. The van der Waals surface area contributed by atoms with Crippen molar-refractivity contribution in [3.63, 3.8) is 0 Å². The van der Waals surface area contributed by atoms with E-state index in [2.05, 4.69) is 0 Å². The lowest BCUT2D eigenvalue weighted by atomic mass is 10.3. The largest absolute Gasteiger partial charge is 0.463 e. The number of hydrogen-bond acceptors (Lipinski definition) is 5. The molecule has 0 heterocycles. The fourth-order valence-electron chi connectivity index (χ4n) is 0.979. The van der Waals surface area contributed by atoms with Crippen LogP contribution in [0, 0.1) is 0 Å². The summed E-state index contributed by atoms with van der Waals surface area (Å²) in [5, 5.41) is 9.33. The first-order chi connectivity index (χ1) is 7.60. The highest BCUT2D eigenvalue weighted by atomic mass is 16.6. The van der Waals surface area contributed by atoms with E-state index in [1.807, 2.05) is 13.8 Å². The van der Waals surface area contributed by atoms with E-state index in [4.69, 9.17) is 9.47 Å². The third-order valence-electron chi connectivity index (χ3n) is 1.78. The van der Waals surface area contributed by atoms with E-state index in [1.165, 1.54) is 0 Å². The second-order valence-corrected chi connectivity index (χ2v) is 3.52. The number of aliphatic hydroxyl groups is 1. The van der Waals surface area contributed by atoms with Crippen LogP contribution in [0.2, 0.25) is 0 Å². The van der Waals surface area contributed by atoms with Crippen molar-refractivity contribution in [2.75, 3.05) is 13.2 Å². The summed E-state index contributed by atoms with van der Waals surface area (Å²) in [5.74, 6) is -0.692.